The van der Waals surface area contributed by atoms with E-state index in [-0.39, 0.29) is 0 Å². The van der Waals surface area contributed by atoms with E-state index >= 15 is 0 Å². The number of hydrogen-bond donors (Lipinski definition) is 1. The Hall–Kier alpha value is -0.380. The van der Waals surface area contributed by atoms with Crippen LogP contribution in [0.4, 0.5) is 0 Å². The van der Waals surface area contributed by atoms with Crippen LogP contribution in [-0.2, 0) is 4.74 Å². The van der Waals surface area contributed by atoms with Crippen LogP contribution < -0.4 is 5.32 Å². The minimum absolute atomic E-state index is 0.379. The second kappa shape index (κ2) is 8.72. The van der Waals surface area contributed by atoms with Gasteiger partial charge in [0.15, 0.2) is 0 Å². The summed E-state index contributed by atoms with van der Waals surface area (Å²) >= 11 is 3.74. The molecule has 1 aromatic rings. The van der Waals surface area contributed by atoms with Crippen LogP contribution in [0.2, 0.25) is 0 Å². The molecular weight excluding hydrogens is 302 g/mol. The maximum Gasteiger partial charge on any atom is 0.0465 e. The standard InChI is InChI=1S/C16H26BrNO/c1-5-10-18-16(13(3)9-11-19-4)14-8-6-7-12(2)15(14)17/h6-8,13,16,18H,5,9-11H2,1-4H3. The van der Waals surface area contributed by atoms with Gasteiger partial charge in [-0.2, -0.15) is 0 Å². The molecule has 108 valence electrons. The van der Waals surface area contributed by atoms with E-state index in [2.05, 4.69) is 60.2 Å². The fourth-order valence-electron chi connectivity index (χ4n) is 2.30. The van der Waals surface area contributed by atoms with E-state index < -0.39 is 0 Å². The molecule has 2 nitrogen and oxygen atoms in total. The van der Waals surface area contributed by atoms with Crippen molar-refractivity contribution >= 4 is 15.9 Å². The van der Waals surface area contributed by atoms with Gasteiger partial charge in [-0.1, -0.05) is 48.0 Å². The highest BCUT2D eigenvalue weighted by Gasteiger charge is 2.21. The summed E-state index contributed by atoms with van der Waals surface area (Å²) < 4.78 is 6.45. The Kier molecular flexibility index (Phi) is 7.66. The summed E-state index contributed by atoms with van der Waals surface area (Å²) in [4.78, 5) is 0. The van der Waals surface area contributed by atoms with Gasteiger partial charge < -0.3 is 10.1 Å². The third-order valence-corrected chi connectivity index (χ3v) is 4.60. The van der Waals surface area contributed by atoms with E-state index in [4.69, 9.17) is 4.74 Å². The highest BCUT2D eigenvalue weighted by atomic mass is 79.9. The van der Waals surface area contributed by atoms with E-state index in [0.717, 1.165) is 26.0 Å². The Morgan fingerprint density at radius 3 is 2.74 bits per heavy atom. The van der Waals surface area contributed by atoms with Crippen molar-refractivity contribution in [1.29, 1.82) is 0 Å². The van der Waals surface area contributed by atoms with Gasteiger partial charge in [0.05, 0.1) is 0 Å². The van der Waals surface area contributed by atoms with Crippen molar-refractivity contribution in [1.82, 2.24) is 5.32 Å². The maximum absolute atomic E-state index is 5.22. The van der Waals surface area contributed by atoms with Crippen molar-refractivity contribution in [3.8, 4) is 0 Å². The van der Waals surface area contributed by atoms with Crippen molar-refractivity contribution in [2.45, 2.75) is 39.7 Å². The number of hydrogen-bond acceptors (Lipinski definition) is 2. The number of benzene rings is 1. The van der Waals surface area contributed by atoms with Gasteiger partial charge in [-0.25, -0.2) is 0 Å². The highest BCUT2D eigenvalue weighted by molar-refractivity contribution is 9.10. The van der Waals surface area contributed by atoms with Crippen LogP contribution in [-0.4, -0.2) is 20.3 Å². The molecule has 0 radical (unpaired) electrons. The molecule has 0 amide bonds. The van der Waals surface area contributed by atoms with Gasteiger partial charge in [-0.3, -0.25) is 0 Å². The third kappa shape index (κ3) is 4.90. The Morgan fingerprint density at radius 2 is 2.11 bits per heavy atom. The molecule has 2 atom stereocenters. The lowest BCUT2D eigenvalue weighted by molar-refractivity contribution is 0.170. The molecule has 1 N–H and O–H groups in total. The topological polar surface area (TPSA) is 21.3 Å². The molecule has 0 spiro atoms. The molecule has 0 heterocycles. The molecule has 0 aromatic heterocycles. The van der Waals surface area contributed by atoms with Gasteiger partial charge in [0, 0.05) is 24.2 Å². The first-order valence-electron chi connectivity index (χ1n) is 7.09. The van der Waals surface area contributed by atoms with Crippen LogP contribution in [0.5, 0.6) is 0 Å². The van der Waals surface area contributed by atoms with Crippen LogP contribution in [0.15, 0.2) is 22.7 Å². The predicted molar refractivity (Wildman–Crippen MR) is 85.6 cm³/mol. The smallest absolute Gasteiger partial charge is 0.0465 e. The Morgan fingerprint density at radius 1 is 1.37 bits per heavy atom. The summed E-state index contributed by atoms with van der Waals surface area (Å²) in [5.74, 6) is 0.546. The SMILES string of the molecule is CCCNC(c1cccc(C)c1Br)C(C)CCOC. The number of methoxy groups -OCH3 is 1. The number of halogens is 1. The number of rotatable bonds is 8. The maximum atomic E-state index is 5.22. The largest absolute Gasteiger partial charge is 0.385 e. The van der Waals surface area contributed by atoms with Gasteiger partial charge in [-0.05, 0) is 43.4 Å². The second-order valence-corrected chi connectivity index (χ2v) is 5.96. The number of nitrogens with one attached hydrogen (secondary N) is 1. The lowest BCUT2D eigenvalue weighted by Crippen LogP contribution is -2.28. The number of aryl methyl sites for hydroxylation is 1. The van der Waals surface area contributed by atoms with Crippen molar-refractivity contribution < 1.29 is 4.74 Å². The van der Waals surface area contributed by atoms with Crippen molar-refractivity contribution in [2.75, 3.05) is 20.3 Å². The van der Waals surface area contributed by atoms with Crippen LogP contribution >= 0.6 is 15.9 Å². The molecule has 0 aliphatic carbocycles. The van der Waals surface area contributed by atoms with Crippen LogP contribution in [0.3, 0.4) is 0 Å². The van der Waals surface area contributed by atoms with Gasteiger partial charge in [0.25, 0.3) is 0 Å². The fraction of sp³-hybridized carbons (Fsp3) is 0.625. The van der Waals surface area contributed by atoms with E-state index in [1.807, 2.05) is 0 Å². The van der Waals surface area contributed by atoms with Crippen LogP contribution in [0.1, 0.15) is 43.9 Å². The van der Waals surface area contributed by atoms with E-state index in [1.54, 1.807) is 7.11 Å². The molecule has 1 rings (SSSR count). The lowest BCUT2D eigenvalue weighted by atomic mass is 9.91. The first kappa shape index (κ1) is 16.7. The molecular formula is C16H26BrNO. The zero-order valence-corrected chi connectivity index (χ0v) is 14.1. The van der Waals surface area contributed by atoms with Crippen molar-refractivity contribution in [3.05, 3.63) is 33.8 Å². The zero-order chi connectivity index (χ0) is 14.3. The minimum atomic E-state index is 0.379. The van der Waals surface area contributed by atoms with Crippen LogP contribution in [0, 0.1) is 12.8 Å². The molecule has 2 unspecified atom stereocenters. The molecule has 0 bridgehead atoms. The normalized spacial score (nSPS) is 14.4. The number of ether oxygens (including phenoxy) is 1. The van der Waals surface area contributed by atoms with Gasteiger partial charge in [-0.15, -0.1) is 0 Å². The Bertz CT molecular complexity index is 381. The quantitative estimate of drug-likeness (QED) is 0.760. The molecule has 1 aromatic carbocycles. The molecule has 0 saturated heterocycles. The monoisotopic (exact) mass is 327 g/mol. The first-order chi connectivity index (χ1) is 9.11. The van der Waals surface area contributed by atoms with Crippen molar-refractivity contribution in [2.24, 2.45) is 5.92 Å². The summed E-state index contributed by atoms with van der Waals surface area (Å²) in [5, 5.41) is 3.68. The molecule has 0 aliphatic heterocycles. The lowest BCUT2D eigenvalue weighted by Gasteiger charge is -2.27. The summed E-state index contributed by atoms with van der Waals surface area (Å²) in [6.45, 7) is 8.50. The Labute approximate surface area is 126 Å². The molecule has 0 saturated carbocycles. The highest BCUT2D eigenvalue weighted by Crippen LogP contribution is 2.32. The zero-order valence-electron chi connectivity index (χ0n) is 12.5. The summed E-state index contributed by atoms with van der Waals surface area (Å²) in [6, 6.07) is 6.88. The fourth-order valence-corrected chi connectivity index (χ4v) is 2.81. The van der Waals surface area contributed by atoms with Gasteiger partial charge >= 0.3 is 0 Å². The van der Waals surface area contributed by atoms with Crippen molar-refractivity contribution in [3.63, 3.8) is 0 Å². The van der Waals surface area contributed by atoms with E-state index in [1.165, 1.54) is 15.6 Å². The van der Waals surface area contributed by atoms with Gasteiger partial charge in [0.1, 0.15) is 0 Å². The molecule has 0 aliphatic rings. The predicted octanol–water partition coefficient (Wildman–Crippen LogP) is 4.47. The first-order valence-corrected chi connectivity index (χ1v) is 7.88. The molecule has 3 heteroatoms. The average Bonchev–Trinajstić information content (AvgIpc) is 2.41. The summed E-state index contributed by atoms with van der Waals surface area (Å²) in [7, 11) is 1.77. The Balaban J connectivity index is 2.91. The minimum Gasteiger partial charge on any atom is -0.385 e. The van der Waals surface area contributed by atoms with Gasteiger partial charge in [0.2, 0.25) is 0 Å². The van der Waals surface area contributed by atoms with E-state index in [0.29, 0.717) is 12.0 Å². The summed E-state index contributed by atoms with van der Waals surface area (Å²) in [6.07, 6.45) is 2.22. The molecule has 0 fully saturated rings. The third-order valence-electron chi connectivity index (χ3n) is 3.52. The average molecular weight is 328 g/mol. The second-order valence-electron chi connectivity index (χ2n) is 5.17. The molecule has 19 heavy (non-hydrogen) atoms. The summed E-state index contributed by atoms with van der Waals surface area (Å²) in [5.41, 5.74) is 2.65. The van der Waals surface area contributed by atoms with E-state index in [9.17, 15) is 0 Å². The van der Waals surface area contributed by atoms with Crippen LogP contribution in [0.25, 0.3) is 0 Å².